The molecule has 1 N–H and O–H groups in total. The number of aromatic carboxylic acids is 1. The van der Waals surface area contributed by atoms with Gasteiger partial charge in [-0.15, -0.1) is 0 Å². The average molecular weight is 366 g/mol. The Morgan fingerprint density at radius 2 is 2.08 bits per heavy atom. The Morgan fingerprint density at radius 1 is 1.38 bits per heavy atom. The molecule has 0 unspecified atom stereocenters. The van der Waals surface area contributed by atoms with Crippen molar-refractivity contribution in [3.63, 3.8) is 0 Å². The van der Waals surface area contributed by atoms with Gasteiger partial charge in [-0.2, -0.15) is 0 Å². The molecule has 0 aromatic heterocycles. The quantitative estimate of drug-likeness (QED) is 0.866. The molecule has 0 spiro atoms. The molecular formula is C19H27FN2O4. The number of carbonyl (C=O) groups is 2. The molecule has 1 aromatic rings. The minimum absolute atomic E-state index is 0.0514. The summed E-state index contributed by atoms with van der Waals surface area (Å²) in [6, 6.07) is 4.00. The maximum atomic E-state index is 14.1. The molecule has 1 fully saturated rings. The number of hydrogen-bond donors (Lipinski definition) is 1. The standard InChI is InChI=1S/C19H27FN2O4/c1-19(2,3)26-18(25)21(4)10-13-7-8-22(11-13)12-15-6-5-14(17(23)24)9-16(15)20/h5-6,9,13H,7-8,10-12H2,1-4H3,(H,23,24)/t13-/m0/s1. The van der Waals surface area contributed by atoms with Crippen molar-refractivity contribution in [2.75, 3.05) is 26.7 Å². The highest BCUT2D eigenvalue weighted by Gasteiger charge is 2.27. The van der Waals surface area contributed by atoms with Crippen LogP contribution in [0.3, 0.4) is 0 Å². The van der Waals surface area contributed by atoms with Gasteiger partial charge in [-0.3, -0.25) is 4.90 Å². The van der Waals surface area contributed by atoms with Crippen molar-refractivity contribution >= 4 is 12.1 Å². The third-order valence-corrected chi connectivity index (χ3v) is 4.30. The van der Waals surface area contributed by atoms with E-state index in [0.717, 1.165) is 25.6 Å². The number of ether oxygens (including phenoxy) is 1. The minimum atomic E-state index is -1.14. The first-order valence-corrected chi connectivity index (χ1v) is 8.73. The van der Waals surface area contributed by atoms with E-state index in [1.165, 1.54) is 12.1 Å². The molecule has 1 atom stereocenters. The van der Waals surface area contributed by atoms with Crippen LogP contribution in [0.4, 0.5) is 9.18 Å². The van der Waals surface area contributed by atoms with Crippen molar-refractivity contribution in [1.29, 1.82) is 0 Å². The van der Waals surface area contributed by atoms with Gasteiger partial charge >= 0.3 is 12.1 Å². The first-order chi connectivity index (χ1) is 12.0. The van der Waals surface area contributed by atoms with Crippen LogP contribution < -0.4 is 0 Å². The van der Waals surface area contributed by atoms with Gasteiger partial charge in [0.2, 0.25) is 0 Å². The van der Waals surface area contributed by atoms with Gasteiger partial charge in [0, 0.05) is 32.2 Å². The molecule has 0 aliphatic carbocycles. The van der Waals surface area contributed by atoms with Gasteiger partial charge in [0.1, 0.15) is 11.4 Å². The first kappa shape index (κ1) is 20.2. The highest BCUT2D eigenvalue weighted by Crippen LogP contribution is 2.22. The fourth-order valence-electron chi connectivity index (χ4n) is 3.06. The number of rotatable bonds is 5. The largest absolute Gasteiger partial charge is 0.478 e. The van der Waals surface area contributed by atoms with E-state index in [0.29, 0.717) is 24.6 Å². The van der Waals surface area contributed by atoms with Crippen LogP contribution in [0.1, 0.15) is 43.1 Å². The molecule has 0 radical (unpaired) electrons. The van der Waals surface area contributed by atoms with E-state index in [1.54, 1.807) is 11.9 Å². The molecule has 26 heavy (non-hydrogen) atoms. The summed E-state index contributed by atoms with van der Waals surface area (Å²) < 4.78 is 19.4. The lowest BCUT2D eigenvalue weighted by atomic mass is 10.1. The van der Waals surface area contributed by atoms with Crippen LogP contribution in [0.2, 0.25) is 0 Å². The van der Waals surface area contributed by atoms with Crippen LogP contribution in [0.5, 0.6) is 0 Å². The Balaban J connectivity index is 1.87. The number of halogens is 1. The van der Waals surface area contributed by atoms with Crippen molar-refractivity contribution in [1.82, 2.24) is 9.80 Å². The normalized spacial score (nSPS) is 18.0. The van der Waals surface area contributed by atoms with Crippen LogP contribution in [-0.2, 0) is 11.3 Å². The molecular weight excluding hydrogens is 339 g/mol. The summed E-state index contributed by atoms with van der Waals surface area (Å²) in [7, 11) is 1.72. The lowest BCUT2D eigenvalue weighted by Crippen LogP contribution is -2.37. The Hall–Kier alpha value is -2.15. The first-order valence-electron chi connectivity index (χ1n) is 8.73. The van der Waals surface area contributed by atoms with E-state index in [4.69, 9.17) is 9.84 Å². The summed E-state index contributed by atoms with van der Waals surface area (Å²) in [4.78, 5) is 26.6. The molecule has 2 rings (SSSR count). The molecule has 6 nitrogen and oxygen atoms in total. The Morgan fingerprint density at radius 3 is 2.65 bits per heavy atom. The summed E-state index contributed by atoms with van der Waals surface area (Å²) >= 11 is 0. The molecule has 1 amide bonds. The Labute approximate surface area is 153 Å². The predicted octanol–water partition coefficient (Wildman–Crippen LogP) is 3.21. The molecule has 1 aliphatic rings. The molecule has 7 heteroatoms. The Bertz CT molecular complexity index is 672. The van der Waals surface area contributed by atoms with Gasteiger partial charge in [0.15, 0.2) is 0 Å². The van der Waals surface area contributed by atoms with Gasteiger partial charge in [0.25, 0.3) is 0 Å². The highest BCUT2D eigenvalue weighted by molar-refractivity contribution is 5.87. The number of hydrogen-bond acceptors (Lipinski definition) is 4. The maximum Gasteiger partial charge on any atom is 0.410 e. The fraction of sp³-hybridized carbons (Fsp3) is 0.579. The van der Waals surface area contributed by atoms with E-state index < -0.39 is 17.4 Å². The van der Waals surface area contributed by atoms with Crippen LogP contribution in [-0.4, -0.2) is 59.3 Å². The third-order valence-electron chi connectivity index (χ3n) is 4.30. The number of nitrogens with zero attached hydrogens (tertiary/aromatic N) is 2. The molecule has 0 bridgehead atoms. The summed E-state index contributed by atoms with van der Waals surface area (Å²) in [5.41, 5.74) is -0.0899. The Kier molecular flexibility index (Phi) is 6.23. The van der Waals surface area contributed by atoms with Gasteiger partial charge < -0.3 is 14.7 Å². The summed E-state index contributed by atoms with van der Waals surface area (Å²) in [5, 5.41) is 8.90. The van der Waals surface area contributed by atoms with Crippen LogP contribution in [0.15, 0.2) is 18.2 Å². The van der Waals surface area contributed by atoms with E-state index in [9.17, 15) is 14.0 Å². The van der Waals surface area contributed by atoms with Gasteiger partial charge in [-0.1, -0.05) is 6.07 Å². The summed E-state index contributed by atoms with van der Waals surface area (Å²) in [6.07, 6.45) is 0.577. The van der Waals surface area contributed by atoms with E-state index in [-0.39, 0.29) is 11.7 Å². The molecule has 144 valence electrons. The number of likely N-dealkylation sites (tertiary alicyclic amines) is 1. The van der Waals surface area contributed by atoms with E-state index in [2.05, 4.69) is 4.90 Å². The summed E-state index contributed by atoms with van der Waals surface area (Å²) in [6.45, 7) is 8.09. The molecule has 1 aliphatic heterocycles. The van der Waals surface area contributed by atoms with Crippen LogP contribution in [0, 0.1) is 11.7 Å². The van der Waals surface area contributed by atoms with E-state index in [1.807, 2.05) is 20.8 Å². The van der Waals surface area contributed by atoms with Gasteiger partial charge in [0.05, 0.1) is 5.56 Å². The zero-order chi connectivity index (χ0) is 19.5. The average Bonchev–Trinajstić information content (AvgIpc) is 2.94. The topological polar surface area (TPSA) is 70.1 Å². The second-order valence-corrected chi connectivity index (χ2v) is 7.86. The number of carbonyl (C=O) groups excluding carboxylic acids is 1. The van der Waals surface area contributed by atoms with Gasteiger partial charge in [-0.05, 0) is 51.8 Å². The molecule has 1 saturated heterocycles. The number of amides is 1. The van der Waals surface area contributed by atoms with Crippen LogP contribution >= 0.6 is 0 Å². The SMILES string of the molecule is CN(C[C@@H]1CCN(Cc2ccc(C(=O)O)cc2F)C1)C(=O)OC(C)(C)C. The molecule has 1 heterocycles. The zero-order valence-electron chi connectivity index (χ0n) is 15.8. The number of carboxylic acid groups (broad SMARTS) is 1. The van der Waals surface area contributed by atoms with Gasteiger partial charge in [-0.25, -0.2) is 14.0 Å². The monoisotopic (exact) mass is 366 g/mol. The number of carboxylic acids is 1. The smallest absolute Gasteiger partial charge is 0.410 e. The molecule has 1 aromatic carbocycles. The second kappa shape index (κ2) is 8.03. The lowest BCUT2D eigenvalue weighted by molar-refractivity contribution is 0.0274. The highest BCUT2D eigenvalue weighted by atomic mass is 19.1. The van der Waals surface area contributed by atoms with Crippen molar-refractivity contribution < 1.29 is 23.8 Å². The predicted molar refractivity (Wildman–Crippen MR) is 95.6 cm³/mol. The van der Waals surface area contributed by atoms with Crippen molar-refractivity contribution in [2.24, 2.45) is 5.92 Å². The summed E-state index contributed by atoms with van der Waals surface area (Å²) in [5.74, 6) is -1.34. The minimum Gasteiger partial charge on any atom is -0.478 e. The molecule has 0 saturated carbocycles. The lowest BCUT2D eigenvalue weighted by Gasteiger charge is -2.26. The third kappa shape index (κ3) is 5.69. The second-order valence-electron chi connectivity index (χ2n) is 7.86. The van der Waals surface area contributed by atoms with Crippen molar-refractivity contribution in [2.45, 2.75) is 39.3 Å². The zero-order valence-corrected chi connectivity index (χ0v) is 15.8. The van der Waals surface area contributed by atoms with Crippen molar-refractivity contribution in [3.05, 3.63) is 35.1 Å². The van der Waals surface area contributed by atoms with E-state index >= 15 is 0 Å². The maximum absolute atomic E-state index is 14.1. The number of benzene rings is 1. The van der Waals surface area contributed by atoms with Crippen LogP contribution in [0.25, 0.3) is 0 Å². The fourth-order valence-corrected chi connectivity index (χ4v) is 3.06. The van der Waals surface area contributed by atoms with Crippen molar-refractivity contribution in [3.8, 4) is 0 Å².